The molecule has 0 aliphatic carbocycles. The lowest BCUT2D eigenvalue weighted by atomic mass is 10.1. The molecule has 0 atom stereocenters. The van der Waals surface area contributed by atoms with Crippen LogP contribution in [0.15, 0.2) is 41.3 Å². The zero-order valence-corrected chi connectivity index (χ0v) is 17.5. The number of esters is 1. The zero-order valence-electron chi connectivity index (χ0n) is 15.9. The number of rotatable bonds is 6. The van der Waals surface area contributed by atoms with Crippen LogP contribution in [0.3, 0.4) is 0 Å². The van der Waals surface area contributed by atoms with E-state index >= 15 is 0 Å². The van der Waals surface area contributed by atoms with E-state index in [0.29, 0.717) is 0 Å². The third-order valence-electron chi connectivity index (χ3n) is 4.21. The van der Waals surface area contributed by atoms with Crippen LogP contribution >= 0.6 is 11.6 Å². The molecule has 0 saturated carbocycles. The fourth-order valence-corrected chi connectivity index (χ4v) is 3.77. The quantitative estimate of drug-likeness (QED) is 0.719. The first-order valence-electron chi connectivity index (χ1n) is 8.27. The molecule has 0 spiro atoms. The van der Waals surface area contributed by atoms with Crippen LogP contribution in [-0.2, 0) is 19.6 Å². The molecule has 0 aromatic heterocycles. The predicted octanol–water partition coefficient (Wildman–Crippen LogP) is 3.00. The highest BCUT2D eigenvalue weighted by atomic mass is 35.5. The molecule has 150 valence electrons. The van der Waals surface area contributed by atoms with Crippen LogP contribution in [0, 0.1) is 13.8 Å². The number of benzene rings is 2. The van der Waals surface area contributed by atoms with Crippen molar-refractivity contribution in [3.8, 4) is 0 Å². The molecule has 0 saturated heterocycles. The molecule has 0 radical (unpaired) electrons. The van der Waals surface area contributed by atoms with Crippen LogP contribution in [0.25, 0.3) is 0 Å². The largest absolute Gasteiger partial charge is 0.465 e. The summed E-state index contributed by atoms with van der Waals surface area (Å²) >= 11 is 6.04. The fraction of sp³-hybridized carbons (Fsp3) is 0.263. The fourth-order valence-electron chi connectivity index (χ4n) is 2.40. The Kier molecular flexibility index (Phi) is 6.82. The second kappa shape index (κ2) is 8.72. The van der Waals surface area contributed by atoms with E-state index in [0.717, 1.165) is 15.4 Å². The van der Waals surface area contributed by atoms with Crippen molar-refractivity contribution in [2.75, 3.05) is 26.0 Å². The molecule has 1 N–H and O–H groups in total. The van der Waals surface area contributed by atoms with Crippen molar-refractivity contribution >= 4 is 39.2 Å². The Morgan fingerprint density at radius 1 is 1.11 bits per heavy atom. The summed E-state index contributed by atoms with van der Waals surface area (Å²) in [6.07, 6.45) is 0. The Balaban J connectivity index is 2.16. The molecule has 2 aromatic rings. The van der Waals surface area contributed by atoms with Gasteiger partial charge in [0.25, 0.3) is 0 Å². The third-order valence-corrected chi connectivity index (χ3v) is 6.34. The van der Waals surface area contributed by atoms with Gasteiger partial charge < -0.3 is 10.1 Å². The highest BCUT2D eigenvalue weighted by Gasteiger charge is 2.23. The minimum Gasteiger partial charge on any atom is -0.465 e. The lowest BCUT2D eigenvalue weighted by molar-refractivity contribution is -0.116. The van der Waals surface area contributed by atoms with Crippen molar-refractivity contribution in [1.29, 1.82) is 0 Å². The normalized spacial score (nSPS) is 11.4. The summed E-state index contributed by atoms with van der Waals surface area (Å²) in [5.74, 6) is -1.18. The molecule has 0 bridgehead atoms. The number of nitrogens with one attached hydrogen (secondary N) is 1. The van der Waals surface area contributed by atoms with Gasteiger partial charge in [-0.05, 0) is 55.3 Å². The molecule has 0 unspecified atom stereocenters. The summed E-state index contributed by atoms with van der Waals surface area (Å²) in [5.41, 5.74) is 2.20. The number of aryl methyl sites for hydroxylation is 2. The first-order valence-corrected chi connectivity index (χ1v) is 10.1. The molecular weight excluding hydrogens is 404 g/mol. The molecule has 7 nitrogen and oxygen atoms in total. The summed E-state index contributed by atoms with van der Waals surface area (Å²) in [6, 6.07) is 9.05. The maximum Gasteiger partial charge on any atom is 0.337 e. The van der Waals surface area contributed by atoms with Crippen LogP contribution in [0.2, 0.25) is 5.02 Å². The maximum absolute atomic E-state index is 12.7. The highest BCUT2D eigenvalue weighted by molar-refractivity contribution is 7.89. The van der Waals surface area contributed by atoms with Crippen molar-refractivity contribution < 1.29 is 22.7 Å². The molecule has 0 aliphatic heterocycles. The highest BCUT2D eigenvalue weighted by Crippen LogP contribution is 2.24. The van der Waals surface area contributed by atoms with E-state index in [1.54, 1.807) is 12.1 Å². The van der Waals surface area contributed by atoms with E-state index in [2.05, 4.69) is 10.1 Å². The maximum atomic E-state index is 12.7. The molecule has 2 aromatic carbocycles. The molecule has 1 amide bonds. The summed E-state index contributed by atoms with van der Waals surface area (Å²) < 4.78 is 31.0. The number of carbonyl (C=O) groups is 2. The number of halogens is 1. The number of ether oxygens (including phenoxy) is 1. The van der Waals surface area contributed by atoms with Crippen LogP contribution < -0.4 is 5.32 Å². The van der Waals surface area contributed by atoms with Crippen LogP contribution in [0.4, 0.5) is 5.69 Å². The third kappa shape index (κ3) is 4.89. The van der Waals surface area contributed by atoms with Gasteiger partial charge in [0.15, 0.2) is 0 Å². The number of anilines is 1. The van der Waals surface area contributed by atoms with Crippen molar-refractivity contribution in [3.63, 3.8) is 0 Å². The molecular formula is C19H21ClN2O5S. The standard InChI is InChI=1S/C19H21ClN2O5S/c1-12-5-7-15(9-13(12)2)28(25,26)22(3)11-18(23)21-17-10-14(19(24)27-4)6-8-16(17)20/h5-10H,11H2,1-4H3,(H,21,23). The second-order valence-corrected chi connectivity index (χ2v) is 8.69. The van der Waals surface area contributed by atoms with E-state index in [9.17, 15) is 18.0 Å². The smallest absolute Gasteiger partial charge is 0.337 e. The Morgan fingerprint density at radius 3 is 2.39 bits per heavy atom. The molecule has 9 heteroatoms. The van der Waals surface area contributed by atoms with Gasteiger partial charge in [-0.2, -0.15) is 4.31 Å². The number of sulfonamides is 1. The van der Waals surface area contributed by atoms with E-state index in [4.69, 9.17) is 11.6 Å². The SMILES string of the molecule is COC(=O)c1ccc(Cl)c(NC(=O)CN(C)S(=O)(=O)c2ccc(C)c(C)c2)c1. The lowest BCUT2D eigenvalue weighted by Crippen LogP contribution is -2.35. The molecule has 2 rings (SSSR count). The number of likely N-dealkylation sites (N-methyl/N-ethyl adjacent to an activating group) is 1. The van der Waals surface area contributed by atoms with Crippen molar-refractivity contribution in [1.82, 2.24) is 4.31 Å². The first kappa shape index (κ1) is 21.9. The van der Waals surface area contributed by atoms with Gasteiger partial charge in [0.2, 0.25) is 15.9 Å². The van der Waals surface area contributed by atoms with E-state index in [-0.39, 0.29) is 21.2 Å². The van der Waals surface area contributed by atoms with E-state index in [1.807, 2.05) is 13.8 Å². The Morgan fingerprint density at radius 2 is 1.79 bits per heavy atom. The molecule has 0 fully saturated rings. The van der Waals surface area contributed by atoms with Crippen molar-refractivity contribution in [2.24, 2.45) is 0 Å². The summed E-state index contributed by atoms with van der Waals surface area (Å²) in [5, 5.41) is 2.73. The molecule has 0 heterocycles. The minimum atomic E-state index is -3.84. The van der Waals surface area contributed by atoms with Gasteiger partial charge in [-0.3, -0.25) is 4.79 Å². The van der Waals surface area contributed by atoms with Gasteiger partial charge in [0.1, 0.15) is 0 Å². The number of methoxy groups -OCH3 is 1. The molecule has 28 heavy (non-hydrogen) atoms. The van der Waals surface area contributed by atoms with Crippen molar-refractivity contribution in [2.45, 2.75) is 18.7 Å². The number of carbonyl (C=O) groups excluding carboxylic acids is 2. The molecule has 0 aliphatic rings. The lowest BCUT2D eigenvalue weighted by Gasteiger charge is -2.18. The zero-order chi connectivity index (χ0) is 21.1. The number of hydrogen-bond donors (Lipinski definition) is 1. The Bertz CT molecular complexity index is 1020. The van der Waals surface area contributed by atoms with Crippen LogP contribution in [-0.4, -0.2) is 45.3 Å². The Hall–Kier alpha value is -2.42. The van der Waals surface area contributed by atoms with E-state index < -0.39 is 28.4 Å². The van der Waals surface area contributed by atoms with Gasteiger partial charge in [-0.25, -0.2) is 13.2 Å². The summed E-state index contributed by atoms with van der Waals surface area (Å²) in [6.45, 7) is 3.28. The average molecular weight is 425 g/mol. The van der Waals surface area contributed by atoms with Gasteiger partial charge >= 0.3 is 5.97 Å². The minimum absolute atomic E-state index is 0.108. The van der Waals surface area contributed by atoms with Crippen LogP contribution in [0.5, 0.6) is 0 Å². The number of amides is 1. The second-order valence-electron chi connectivity index (χ2n) is 6.24. The monoisotopic (exact) mass is 424 g/mol. The van der Waals surface area contributed by atoms with Gasteiger partial charge in [-0.1, -0.05) is 17.7 Å². The number of hydrogen-bond acceptors (Lipinski definition) is 5. The number of nitrogens with zero attached hydrogens (tertiary/aromatic N) is 1. The van der Waals surface area contributed by atoms with Gasteiger partial charge in [0, 0.05) is 7.05 Å². The van der Waals surface area contributed by atoms with E-state index in [1.165, 1.54) is 38.4 Å². The van der Waals surface area contributed by atoms with Gasteiger partial charge in [0.05, 0.1) is 34.8 Å². The van der Waals surface area contributed by atoms with Crippen molar-refractivity contribution in [3.05, 3.63) is 58.1 Å². The summed E-state index contributed by atoms with van der Waals surface area (Å²) in [7, 11) is -1.28. The topological polar surface area (TPSA) is 92.8 Å². The first-order chi connectivity index (χ1) is 13.1. The average Bonchev–Trinajstić information content (AvgIpc) is 2.64. The Labute approximate surface area is 169 Å². The predicted molar refractivity (Wildman–Crippen MR) is 107 cm³/mol. The van der Waals surface area contributed by atoms with Crippen LogP contribution in [0.1, 0.15) is 21.5 Å². The summed E-state index contributed by atoms with van der Waals surface area (Å²) in [4.78, 5) is 24.1. The van der Waals surface area contributed by atoms with Gasteiger partial charge in [-0.15, -0.1) is 0 Å².